The predicted molar refractivity (Wildman–Crippen MR) is 56.6 cm³/mol. The summed E-state index contributed by atoms with van der Waals surface area (Å²) in [6, 6.07) is 1.34. The van der Waals surface area contributed by atoms with E-state index >= 15 is 0 Å². The van der Waals surface area contributed by atoms with E-state index in [2.05, 4.69) is 5.10 Å². The van der Waals surface area contributed by atoms with Crippen molar-refractivity contribution in [3.05, 3.63) is 35.0 Å². The lowest BCUT2D eigenvalue weighted by Gasteiger charge is -2.17. The lowest BCUT2D eigenvalue weighted by atomic mass is 10.1. The Labute approximate surface area is 103 Å². The van der Waals surface area contributed by atoms with Crippen molar-refractivity contribution in [1.29, 1.82) is 0 Å². The number of halogens is 3. The van der Waals surface area contributed by atoms with Crippen molar-refractivity contribution in [2.24, 2.45) is 5.92 Å². The molecule has 2 aromatic heterocycles. The van der Waals surface area contributed by atoms with Crippen molar-refractivity contribution in [2.45, 2.75) is 12.7 Å². The number of rotatable bonds is 3. The molecule has 0 aliphatic carbocycles. The Morgan fingerprint density at radius 1 is 1.42 bits per heavy atom. The molecule has 6 nitrogen and oxygen atoms in total. The number of fused-ring (bicyclic) bond motifs is 1. The largest absolute Gasteiger partial charge is 0.481 e. The van der Waals surface area contributed by atoms with E-state index in [0.717, 1.165) is 6.20 Å². The molecule has 0 saturated carbocycles. The third kappa shape index (κ3) is 2.44. The molecule has 2 rings (SSSR count). The third-order valence-electron chi connectivity index (χ3n) is 2.61. The van der Waals surface area contributed by atoms with Gasteiger partial charge in [0.05, 0.1) is 6.20 Å². The highest BCUT2D eigenvalue weighted by molar-refractivity contribution is 5.70. The number of carbonyl (C=O) groups is 1. The molecule has 0 aliphatic heterocycles. The molecule has 0 aliphatic rings. The van der Waals surface area contributed by atoms with Gasteiger partial charge >= 0.3 is 12.1 Å². The van der Waals surface area contributed by atoms with Gasteiger partial charge in [0.25, 0.3) is 5.56 Å². The van der Waals surface area contributed by atoms with Gasteiger partial charge in [-0.05, 0) is 6.07 Å². The molecule has 0 radical (unpaired) electrons. The molecular formula is C10H8F3N3O3. The Balaban J connectivity index is 2.42. The number of aromatic nitrogens is 3. The fourth-order valence-corrected chi connectivity index (χ4v) is 1.62. The summed E-state index contributed by atoms with van der Waals surface area (Å²) >= 11 is 0. The molecule has 9 heteroatoms. The van der Waals surface area contributed by atoms with E-state index in [0.29, 0.717) is 4.57 Å². The van der Waals surface area contributed by atoms with Gasteiger partial charge in [0, 0.05) is 18.9 Å². The van der Waals surface area contributed by atoms with Crippen LogP contribution < -0.4 is 5.56 Å². The zero-order valence-electron chi connectivity index (χ0n) is 9.33. The average Bonchev–Trinajstić information content (AvgIpc) is 2.74. The first-order valence-corrected chi connectivity index (χ1v) is 5.13. The third-order valence-corrected chi connectivity index (χ3v) is 2.61. The molecule has 2 heterocycles. The molecule has 0 bridgehead atoms. The van der Waals surface area contributed by atoms with E-state index in [4.69, 9.17) is 5.11 Å². The maximum atomic E-state index is 12.5. The van der Waals surface area contributed by atoms with Crippen LogP contribution in [0, 0.1) is 5.92 Å². The number of hydrogen-bond acceptors (Lipinski definition) is 3. The summed E-state index contributed by atoms with van der Waals surface area (Å²) in [6.07, 6.45) is -1.24. The molecule has 0 fully saturated rings. The van der Waals surface area contributed by atoms with Crippen molar-refractivity contribution in [3.8, 4) is 0 Å². The second-order valence-corrected chi connectivity index (χ2v) is 3.85. The maximum absolute atomic E-state index is 12.5. The number of carboxylic acid groups (broad SMARTS) is 1. The lowest BCUT2D eigenvalue weighted by molar-refractivity contribution is -0.196. The normalized spacial score (nSPS) is 13.6. The van der Waals surface area contributed by atoms with Gasteiger partial charge in [0.1, 0.15) is 5.52 Å². The summed E-state index contributed by atoms with van der Waals surface area (Å²) < 4.78 is 39.5. The minimum atomic E-state index is -4.92. The summed E-state index contributed by atoms with van der Waals surface area (Å²) in [5, 5.41) is 12.3. The van der Waals surface area contributed by atoms with Crippen LogP contribution in [0.5, 0.6) is 0 Å². The predicted octanol–water partition coefficient (Wildman–Crippen LogP) is 0.759. The average molecular weight is 275 g/mol. The first-order chi connectivity index (χ1) is 8.80. The Kier molecular flexibility index (Phi) is 3.05. The SMILES string of the molecule is O=C(O)C(Cn1ccn2nccc2c1=O)C(F)(F)F. The lowest BCUT2D eigenvalue weighted by Crippen LogP contribution is -2.37. The van der Waals surface area contributed by atoms with Crippen LogP contribution in [0.15, 0.2) is 29.5 Å². The van der Waals surface area contributed by atoms with Crippen LogP contribution in [-0.2, 0) is 11.3 Å². The van der Waals surface area contributed by atoms with Crippen molar-refractivity contribution in [1.82, 2.24) is 14.2 Å². The van der Waals surface area contributed by atoms with Crippen molar-refractivity contribution in [2.75, 3.05) is 0 Å². The van der Waals surface area contributed by atoms with Gasteiger partial charge in [-0.25, -0.2) is 4.52 Å². The zero-order valence-corrected chi connectivity index (χ0v) is 9.33. The molecule has 0 aromatic carbocycles. The highest BCUT2D eigenvalue weighted by atomic mass is 19.4. The summed E-state index contributed by atoms with van der Waals surface area (Å²) in [5.41, 5.74) is -0.649. The van der Waals surface area contributed by atoms with E-state index in [1.54, 1.807) is 0 Å². The first-order valence-electron chi connectivity index (χ1n) is 5.13. The van der Waals surface area contributed by atoms with Crippen molar-refractivity contribution >= 4 is 11.5 Å². The molecule has 19 heavy (non-hydrogen) atoms. The van der Waals surface area contributed by atoms with Gasteiger partial charge in [-0.15, -0.1) is 0 Å². The Morgan fingerprint density at radius 2 is 2.11 bits per heavy atom. The van der Waals surface area contributed by atoms with Gasteiger partial charge in [-0.3, -0.25) is 9.59 Å². The topological polar surface area (TPSA) is 76.6 Å². The van der Waals surface area contributed by atoms with E-state index in [9.17, 15) is 22.8 Å². The number of alkyl halides is 3. The molecule has 0 amide bonds. The number of nitrogens with zero attached hydrogens (tertiary/aromatic N) is 3. The van der Waals surface area contributed by atoms with Gasteiger partial charge in [-0.1, -0.05) is 0 Å². The van der Waals surface area contributed by atoms with Crippen LogP contribution >= 0.6 is 0 Å². The smallest absolute Gasteiger partial charge is 0.403 e. The molecule has 0 spiro atoms. The first kappa shape index (κ1) is 13.1. The highest BCUT2D eigenvalue weighted by Gasteiger charge is 2.45. The Morgan fingerprint density at radius 3 is 2.68 bits per heavy atom. The van der Waals surface area contributed by atoms with Gasteiger partial charge < -0.3 is 9.67 Å². The van der Waals surface area contributed by atoms with Gasteiger partial charge in [-0.2, -0.15) is 18.3 Å². The Bertz CT molecular complexity index is 674. The number of hydrogen-bond donors (Lipinski definition) is 1. The summed E-state index contributed by atoms with van der Waals surface area (Å²) in [6.45, 7) is -0.973. The fraction of sp³-hybridized carbons (Fsp3) is 0.300. The molecule has 1 atom stereocenters. The van der Waals surface area contributed by atoms with E-state index in [1.807, 2.05) is 0 Å². The van der Waals surface area contributed by atoms with E-state index < -0.39 is 30.2 Å². The zero-order chi connectivity index (χ0) is 14.2. The molecular weight excluding hydrogens is 267 g/mol. The molecule has 0 saturated heterocycles. The van der Waals surface area contributed by atoms with Gasteiger partial charge in [0.2, 0.25) is 0 Å². The summed E-state index contributed by atoms with van der Waals surface area (Å²) in [5.74, 6) is -4.65. The monoisotopic (exact) mass is 275 g/mol. The maximum Gasteiger partial charge on any atom is 0.403 e. The summed E-state index contributed by atoms with van der Waals surface area (Å²) in [4.78, 5) is 22.4. The van der Waals surface area contributed by atoms with E-state index in [1.165, 1.54) is 23.0 Å². The number of carboxylic acids is 1. The minimum Gasteiger partial charge on any atom is -0.481 e. The fourth-order valence-electron chi connectivity index (χ4n) is 1.62. The molecule has 1 N–H and O–H groups in total. The second kappa shape index (κ2) is 4.41. The van der Waals surface area contributed by atoms with Crippen LogP contribution in [-0.4, -0.2) is 31.4 Å². The van der Waals surface area contributed by atoms with Crippen LogP contribution in [0.1, 0.15) is 0 Å². The van der Waals surface area contributed by atoms with Crippen molar-refractivity contribution < 1.29 is 23.1 Å². The standard InChI is InChI=1S/C10H8F3N3O3/c11-10(12,13)6(9(18)19)5-15-3-4-16-7(8(15)17)1-2-14-16/h1-4,6H,5H2,(H,18,19). The highest BCUT2D eigenvalue weighted by Crippen LogP contribution is 2.27. The van der Waals surface area contributed by atoms with Gasteiger partial charge in [0.15, 0.2) is 5.92 Å². The van der Waals surface area contributed by atoms with Crippen molar-refractivity contribution in [3.63, 3.8) is 0 Å². The number of aliphatic carboxylic acids is 1. The van der Waals surface area contributed by atoms with Crippen LogP contribution in [0.25, 0.3) is 5.52 Å². The second-order valence-electron chi connectivity index (χ2n) is 3.85. The molecule has 102 valence electrons. The molecule has 1 unspecified atom stereocenters. The van der Waals surface area contributed by atoms with Crippen LogP contribution in [0.3, 0.4) is 0 Å². The molecule has 2 aromatic rings. The Hall–Kier alpha value is -2.32. The minimum absolute atomic E-state index is 0.0776. The van der Waals surface area contributed by atoms with Crippen LogP contribution in [0.2, 0.25) is 0 Å². The van der Waals surface area contributed by atoms with Crippen LogP contribution in [0.4, 0.5) is 13.2 Å². The summed E-state index contributed by atoms with van der Waals surface area (Å²) in [7, 11) is 0. The van der Waals surface area contributed by atoms with E-state index in [-0.39, 0.29) is 5.52 Å². The quantitative estimate of drug-likeness (QED) is 0.897.